The topological polar surface area (TPSA) is 66.8 Å². The van der Waals surface area contributed by atoms with Gasteiger partial charge in [-0.2, -0.15) is 0 Å². The van der Waals surface area contributed by atoms with Crippen molar-refractivity contribution >= 4 is 5.97 Å². The smallest absolute Gasteiger partial charge is 0.306 e. The summed E-state index contributed by atoms with van der Waals surface area (Å²) in [6, 6.07) is 14.6. The molecule has 4 heteroatoms. The number of aromatic hydroxyl groups is 1. The van der Waals surface area contributed by atoms with Crippen molar-refractivity contribution < 1.29 is 19.7 Å². The van der Waals surface area contributed by atoms with E-state index in [1.165, 1.54) is 6.07 Å². The Hall–Kier alpha value is -2.49. The van der Waals surface area contributed by atoms with Crippen LogP contribution in [0.4, 0.5) is 0 Å². The van der Waals surface area contributed by atoms with Crippen molar-refractivity contribution in [3.63, 3.8) is 0 Å². The van der Waals surface area contributed by atoms with Crippen LogP contribution in [0.2, 0.25) is 0 Å². The average Bonchev–Trinajstić information content (AvgIpc) is 2.48. The molecule has 2 N–H and O–H groups in total. The van der Waals surface area contributed by atoms with Crippen molar-refractivity contribution in [2.45, 2.75) is 20.0 Å². The van der Waals surface area contributed by atoms with Crippen LogP contribution in [-0.2, 0) is 17.8 Å². The van der Waals surface area contributed by atoms with E-state index in [0.29, 0.717) is 18.8 Å². The standard InChI is InChI=1S/C17H18O4/c1-12(17(19)20)9-14-7-8-15(18)16(10-14)21-11-13-5-3-2-4-6-13/h2-8,10,12,18H,9,11H2,1H3,(H,19,20). The molecule has 0 aromatic heterocycles. The van der Waals surface area contributed by atoms with E-state index in [-0.39, 0.29) is 5.75 Å². The highest BCUT2D eigenvalue weighted by molar-refractivity contribution is 5.70. The van der Waals surface area contributed by atoms with Crippen LogP contribution in [0.25, 0.3) is 0 Å². The van der Waals surface area contributed by atoms with E-state index >= 15 is 0 Å². The number of rotatable bonds is 6. The fourth-order valence-corrected chi connectivity index (χ4v) is 1.98. The van der Waals surface area contributed by atoms with Crippen LogP contribution in [0.15, 0.2) is 48.5 Å². The van der Waals surface area contributed by atoms with E-state index in [2.05, 4.69) is 0 Å². The van der Waals surface area contributed by atoms with Crippen molar-refractivity contribution in [1.82, 2.24) is 0 Å². The number of hydrogen-bond donors (Lipinski definition) is 2. The monoisotopic (exact) mass is 286 g/mol. The molecule has 0 fully saturated rings. The predicted molar refractivity (Wildman–Crippen MR) is 79.4 cm³/mol. The van der Waals surface area contributed by atoms with Gasteiger partial charge in [-0.1, -0.05) is 43.3 Å². The number of phenols is 1. The van der Waals surface area contributed by atoms with Gasteiger partial charge < -0.3 is 14.9 Å². The lowest BCUT2D eigenvalue weighted by Crippen LogP contribution is -2.12. The Balaban J connectivity index is 2.06. The van der Waals surface area contributed by atoms with Gasteiger partial charge in [0, 0.05) is 0 Å². The lowest BCUT2D eigenvalue weighted by atomic mass is 10.0. The first kappa shape index (κ1) is 14.9. The van der Waals surface area contributed by atoms with E-state index in [0.717, 1.165) is 11.1 Å². The summed E-state index contributed by atoms with van der Waals surface area (Å²) in [4.78, 5) is 10.9. The molecule has 2 rings (SSSR count). The zero-order chi connectivity index (χ0) is 15.2. The van der Waals surface area contributed by atoms with Gasteiger partial charge in [0.15, 0.2) is 11.5 Å². The summed E-state index contributed by atoms with van der Waals surface area (Å²) in [5, 5.41) is 18.8. The average molecular weight is 286 g/mol. The molecular formula is C17H18O4. The minimum absolute atomic E-state index is 0.0534. The van der Waals surface area contributed by atoms with Gasteiger partial charge in [-0.25, -0.2) is 0 Å². The van der Waals surface area contributed by atoms with Gasteiger partial charge >= 0.3 is 5.97 Å². The quantitative estimate of drug-likeness (QED) is 0.855. The second-order valence-corrected chi connectivity index (χ2v) is 5.02. The van der Waals surface area contributed by atoms with Crippen LogP contribution in [0.1, 0.15) is 18.1 Å². The van der Waals surface area contributed by atoms with Crippen molar-refractivity contribution in [2.75, 3.05) is 0 Å². The third-order valence-electron chi connectivity index (χ3n) is 3.22. The number of benzene rings is 2. The SMILES string of the molecule is CC(Cc1ccc(O)c(OCc2ccccc2)c1)C(=O)O. The highest BCUT2D eigenvalue weighted by Gasteiger charge is 2.13. The first-order valence-corrected chi connectivity index (χ1v) is 6.77. The molecule has 0 amide bonds. The van der Waals surface area contributed by atoms with Crippen LogP contribution in [-0.4, -0.2) is 16.2 Å². The molecule has 0 saturated carbocycles. The maximum absolute atomic E-state index is 10.9. The normalized spacial score (nSPS) is 11.9. The number of phenolic OH excluding ortho intramolecular Hbond substituents is 1. The molecule has 0 aliphatic rings. The Morgan fingerprint density at radius 1 is 1.14 bits per heavy atom. The van der Waals surface area contributed by atoms with Gasteiger partial charge in [0.2, 0.25) is 0 Å². The molecule has 110 valence electrons. The van der Waals surface area contributed by atoms with E-state index in [4.69, 9.17) is 9.84 Å². The molecule has 0 radical (unpaired) electrons. The van der Waals surface area contributed by atoms with Gasteiger partial charge in [0.1, 0.15) is 6.61 Å². The lowest BCUT2D eigenvalue weighted by molar-refractivity contribution is -0.141. The van der Waals surface area contributed by atoms with Gasteiger partial charge in [-0.05, 0) is 29.7 Å². The van der Waals surface area contributed by atoms with Gasteiger partial charge in [-0.3, -0.25) is 4.79 Å². The summed E-state index contributed by atoms with van der Waals surface area (Å²) in [5.41, 5.74) is 1.83. The van der Waals surface area contributed by atoms with Crippen LogP contribution in [0.3, 0.4) is 0 Å². The Bertz CT molecular complexity index is 607. The second kappa shape index (κ2) is 6.79. The maximum Gasteiger partial charge on any atom is 0.306 e. The number of ether oxygens (including phenoxy) is 1. The molecule has 0 spiro atoms. The number of hydrogen-bond acceptors (Lipinski definition) is 3. The molecule has 1 atom stereocenters. The molecule has 0 saturated heterocycles. The number of carbonyl (C=O) groups is 1. The molecule has 2 aromatic carbocycles. The second-order valence-electron chi connectivity index (χ2n) is 5.02. The van der Waals surface area contributed by atoms with E-state index < -0.39 is 11.9 Å². The zero-order valence-electron chi connectivity index (χ0n) is 11.8. The van der Waals surface area contributed by atoms with Crippen LogP contribution in [0, 0.1) is 5.92 Å². The molecule has 21 heavy (non-hydrogen) atoms. The van der Waals surface area contributed by atoms with Gasteiger partial charge in [-0.15, -0.1) is 0 Å². The minimum atomic E-state index is -0.838. The Kier molecular flexibility index (Phi) is 4.82. The molecule has 1 unspecified atom stereocenters. The van der Waals surface area contributed by atoms with E-state index in [9.17, 15) is 9.90 Å². The predicted octanol–water partition coefficient (Wildman–Crippen LogP) is 3.23. The summed E-state index contributed by atoms with van der Waals surface area (Å²) < 4.78 is 5.61. The first-order chi connectivity index (χ1) is 10.1. The van der Waals surface area contributed by atoms with E-state index in [1.807, 2.05) is 30.3 Å². The Morgan fingerprint density at radius 2 is 1.86 bits per heavy atom. The Morgan fingerprint density at radius 3 is 2.52 bits per heavy atom. The first-order valence-electron chi connectivity index (χ1n) is 6.77. The van der Waals surface area contributed by atoms with Crippen molar-refractivity contribution in [3.8, 4) is 11.5 Å². The fraction of sp³-hybridized carbons (Fsp3) is 0.235. The van der Waals surface area contributed by atoms with Crippen LogP contribution < -0.4 is 4.74 Å². The van der Waals surface area contributed by atoms with Crippen molar-refractivity contribution in [2.24, 2.45) is 5.92 Å². The lowest BCUT2D eigenvalue weighted by Gasteiger charge is -2.11. The summed E-state index contributed by atoms with van der Waals surface area (Å²) >= 11 is 0. The van der Waals surface area contributed by atoms with Crippen molar-refractivity contribution in [1.29, 1.82) is 0 Å². The third-order valence-corrected chi connectivity index (χ3v) is 3.22. The third kappa shape index (κ3) is 4.24. The van der Waals surface area contributed by atoms with E-state index in [1.54, 1.807) is 19.1 Å². The fourth-order valence-electron chi connectivity index (χ4n) is 1.98. The molecule has 0 bridgehead atoms. The summed E-state index contributed by atoms with van der Waals surface area (Å²) in [7, 11) is 0. The summed E-state index contributed by atoms with van der Waals surface area (Å²) in [5.74, 6) is -0.891. The molecule has 0 heterocycles. The molecule has 4 nitrogen and oxygen atoms in total. The largest absolute Gasteiger partial charge is 0.504 e. The zero-order valence-corrected chi connectivity index (χ0v) is 11.8. The number of carboxylic acids is 1. The highest BCUT2D eigenvalue weighted by Crippen LogP contribution is 2.28. The van der Waals surface area contributed by atoms with Crippen molar-refractivity contribution in [3.05, 3.63) is 59.7 Å². The molecule has 0 aliphatic carbocycles. The molecule has 2 aromatic rings. The molecule has 0 aliphatic heterocycles. The minimum Gasteiger partial charge on any atom is -0.504 e. The number of aliphatic carboxylic acids is 1. The highest BCUT2D eigenvalue weighted by atomic mass is 16.5. The maximum atomic E-state index is 10.9. The number of carboxylic acid groups (broad SMARTS) is 1. The van der Waals surface area contributed by atoms with Gasteiger partial charge in [0.05, 0.1) is 5.92 Å². The summed E-state index contributed by atoms with van der Waals surface area (Å²) in [6.07, 6.45) is 0.400. The molecular weight excluding hydrogens is 268 g/mol. The summed E-state index contributed by atoms with van der Waals surface area (Å²) in [6.45, 7) is 2.01. The van der Waals surface area contributed by atoms with Crippen LogP contribution >= 0.6 is 0 Å². The van der Waals surface area contributed by atoms with Crippen LogP contribution in [0.5, 0.6) is 11.5 Å². The Labute approximate surface area is 123 Å². The van der Waals surface area contributed by atoms with Gasteiger partial charge in [0.25, 0.3) is 0 Å².